The molecule has 0 bridgehead atoms. The predicted molar refractivity (Wildman–Crippen MR) is 59.4 cm³/mol. The molecule has 2 amide bonds. The van der Waals surface area contributed by atoms with E-state index in [0.717, 1.165) is 5.56 Å². The van der Waals surface area contributed by atoms with Gasteiger partial charge in [-0.2, -0.15) is 0 Å². The maximum absolute atomic E-state index is 11.6. The molecule has 1 aromatic rings. The third-order valence-corrected chi connectivity index (χ3v) is 3.68. The lowest BCUT2D eigenvalue weighted by Gasteiger charge is -2.25. The first-order chi connectivity index (χ1) is 7.18. The molecule has 0 saturated carbocycles. The molecule has 1 aliphatic heterocycles. The van der Waals surface area contributed by atoms with Gasteiger partial charge in [0.1, 0.15) is 5.25 Å². The zero-order valence-electron chi connectivity index (χ0n) is 8.27. The Morgan fingerprint density at radius 1 is 1.13 bits per heavy atom. The number of thioether (sulfide) groups is 1. The van der Waals surface area contributed by atoms with Gasteiger partial charge in [-0.1, -0.05) is 30.3 Å². The van der Waals surface area contributed by atoms with Gasteiger partial charge in [0.2, 0.25) is 11.8 Å². The fraction of sp³-hybridized carbons (Fsp3) is 0.273. The fourth-order valence-electron chi connectivity index (χ4n) is 1.47. The van der Waals surface area contributed by atoms with Crippen molar-refractivity contribution >= 4 is 23.6 Å². The Kier molecular flexibility index (Phi) is 2.77. The normalized spacial score (nSPS) is 26.2. The van der Waals surface area contributed by atoms with Crippen LogP contribution in [0.25, 0.3) is 0 Å². The molecule has 1 aliphatic rings. The lowest BCUT2D eigenvalue weighted by atomic mass is 10.1. The van der Waals surface area contributed by atoms with Gasteiger partial charge in [0.05, 0.1) is 5.25 Å². The van der Waals surface area contributed by atoms with E-state index in [0.29, 0.717) is 0 Å². The summed E-state index contributed by atoms with van der Waals surface area (Å²) in [5, 5.41) is 1.94. The van der Waals surface area contributed by atoms with Gasteiger partial charge in [-0.15, -0.1) is 11.8 Å². The standard InChI is InChI=1S/C11H11NO2S/c1-7-10(13)12-11(14)9(15-7)8-5-3-2-4-6-8/h2-7,9H,1H3,(H,12,13,14). The Morgan fingerprint density at radius 2 is 1.80 bits per heavy atom. The van der Waals surface area contributed by atoms with Crippen LogP contribution in [0.2, 0.25) is 0 Å². The minimum absolute atomic E-state index is 0.173. The Hall–Kier alpha value is -1.29. The number of benzene rings is 1. The van der Waals surface area contributed by atoms with Crippen LogP contribution < -0.4 is 5.32 Å². The van der Waals surface area contributed by atoms with Crippen LogP contribution in [0.3, 0.4) is 0 Å². The molecule has 3 nitrogen and oxygen atoms in total. The van der Waals surface area contributed by atoms with E-state index in [1.807, 2.05) is 37.3 Å². The molecule has 0 aromatic heterocycles. The first-order valence-corrected chi connectivity index (χ1v) is 5.68. The van der Waals surface area contributed by atoms with Crippen LogP contribution in [0, 0.1) is 0 Å². The largest absolute Gasteiger partial charge is 0.294 e. The quantitative estimate of drug-likeness (QED) is 0.731. The first-order valence-electron chi connectivity index (χ1n) is 4.73. The molecule has 2 atom stereocenters. The van der Waals surface area contributed by atoms with Crippen molar-refractivity contribution in [3.8, 4) is 0 Å². The summed E-state index contributed by atoms with van der Waals surface area (Å²) >= 11 is 1.39. The van der Waals surface area contributed by atoms with Crippen molar-refractivity contribution in [1.82, 2.24) is 5.32 Å². The zero-order chi connectivity index (χ0) is 10.8. The molecule has 2 rings (SSSR count). The second-order valence-corrected chi connectivity index (χ2v) is 4.87. The van der Waals surface area contributed by atoms with Crippen LogP contribution in [0.4, 0.5) is 0 Å². The number of amides is 2. The molecule has 78 valence electrons. The van der Waals surface area contributed by atoms with E-state index < -0.39 is 0 Å². The van der Waals surface area contributed by atoms with Crippen molar-refractivity contribution < 1.29 is 9.59 Å². The number of imide groups is 1. The Balaban J connectivity index is 2.23. The van der Waals surface area contributed by atoms with E-state index in [2.05, 4.69) is 5.32 Å². The Morgan fingerprint density at radius 3 is 2.47 bits per heavy atom. The molecule has 4 heteroatoms. The molecule has 1 heterocycles. The van der Waals surface area contributed by atoms with E-state index >= 15 is 0 Å². The number of hydrogen-bond acceptors (Lipinski definition) is 3. The molecule has 2 unspecified atom stereocenters. The second-order valence-electron chi connectivity index (χ2n) is 3.42. The molecule has 1 aromatic carbocycles. The fourth-order valence-corrected chi connectivity index (χ4v) is 2.56. The predicted octanol–water partition coefficient (Wildman–Crippen LogP) is 1.51. The van der Waals surface area contributed by atoms with E-state index in [1.165, 1.54) is 11.8 Å². The summed E-state index contributed by atoms with van der Waals surface area (Å²) in [6, 6.07) is 9.50. The molecular formula is C11H11NO2S. The summed E-state index contributed by atoms with van der Waals surface area (Å²) in [6.07, 6.45) is 0. The van der Waals surface area contributed by atoms with Gasteiger partial charge in [-0.05, 0) is 12.5 Å². The average Bonchev–Trinajstić information content (AvgIpc) is 2.25. The van der Waals surface area contributed by atoms with E-state index in [-0.39, 0.29) is 22.3 Å². The number of carbonyl (C=O) groups excluding carboxylic acids is 2. The molecule has 1 fully saturated rings. The third kappa shape index (κ3) is 2.04. The molecule has 1 saturated heterocycles. The van der Waals surface area contributed by atoms with Gasteiger partial charge in [0.25, 0.3) is 0 Å². The molecular weight excluding hydrogens is 210 g/mol. The summed E-state index contributed by atoms with van der Waals surface area (Å²) in [5.41, 5.74) is 0.944. The van der Waals surface area contributed by atoms with Crippen LogP contribution >= 0.6 is 11.8 Å². The zero-order valence-corrected chi connectivity index (χ0v) is 9.08. The third-order valence-electron chi connectivity index (χ3n) is 2.30. The van der Waals surface area contributed by atoms with Gasteiger partial charge in [-0.3, -0.25) is 14.9 Å². The SMILES string of the molecule is CC1SC(c2ccccc2)C(=O)NC1=O. The van der Waals surface area contributed by atoms with Crippen molar-refractivity contribution in [1.29, 1.82) is 0 Å². The van der Waals surface area contributed by atoms with Crippen LogP contribution in [0.1, 0.15) is 17.7 Å². The van der Waals surface area contributed by atoms with E-state index in [9.17, 15) is 9.59 Å². The van der Waals surface area contributed by atoms with Crippen molar-refractivity contribution in [2.45, 2.75) is 17.4 Å². The first kappa shape index (κ1) is 10.2. The highest BCUT2D eigenvalue weighted by Gasteiger charge is 2.33. The van der Waals surface area contributed by atoms with Crippen LogP contribution in [0.15, 0.2) is 30.3 Å². The van der Waals surface area contributed by atoms with Gasteiger partial charge in [0.15, 0.2) is 0 Å². The summed E-state index contributed by atoms with van der Waals surface area (Å²) < 4.78 is 0. The summed E-state index contributed by atoms with van der Waals surface area (Å²) in [6.45, 7) is 1.81. The monoisotopic (exact) mass is 221 g/mol. The van der Waals surface area contributed by atoms with Crippen LogP contribution in [-0.2, 0) is 9.59 Å². The van der Waals surface area contributed by atoms with Crippen LogP contribution in [-0.4, -0.2) is 17.1 Å². The van der Waals surface area contributed by atoms with Crippen molar-refractivity contribution in [2.75, 3.05) is 0 Å². The average molecular weight is 221 g/mol. The highest BCUT2D eigenvalue weighted by atomic mass is 32.2. The minimum atomic E-state index is -0.265. The molecule has 15 heavy (non-hydrogen) atoms. The number of rotatable bonds is 1. The van der Waals surface area contributed by atoms with Crippen LogP contribution in [0.5, 0.6) is 0 Å². The van der Waals surface area contributed by atoms with E-state index in [4.69, 9.17) is 0 Å². The van der Waals surface area contributed by atoms with Gasteiger partial charge >= 0.3 is 0 Å². The number of nitrogens with one attached hydrogen (secondary N) is 1. The number of hydrogen-bond donors (Lipinski definition) is 1. The summed E-state index contributed by atoms with van der Waals surface area (Å²) in [4.78, 5) is 22.8. The second kappa shape index (κ2) is 4.06. The van der Waals surface area contributed by atoms with Gasteiger partial charge < -0.3 is 0 Å². The van der Waals surface area contributed by atoms with Crippen molar-refractivity contribution in [3.63, 3.8) is 0 Å². The Bertz CT molecular complexity index is 391. The lowest BCUT2D eigenvalue weighted by Crippen LogP contribution is -2.43. The summed E-state index contributed by atoms with van der Waals surface area (Å²) in [5.74, 6) is -0.411. The highest BCUT2D eigenvalue weighted by molar-refractivity contribution is 8.01. The minimum Gasteiger partial charge on any atom is -0.294 e. The van der Waals surface area contributed by atoms with Crippen molar-refractivity contribution in [2.24, 2.45) is 0 Å². The lowest BCUT2D eigenvalue weighted by molar-refractivity contribution is -0.130. The maximum Gasteiger partial charge on any atom is 0.244 e. The van der Waals surface area contributed by atoms with E-state index in [1.54, 1.807) is 0 Å². The molecule has 0 radical (unpaired) electrons. The molecule has 1 N–H and O–H groups in total. The Labute approximate surface area is 92.2 Å². The smallest absolute Gasteiger partial charge is 0.244 e. The topological polar surface area (TPSA) is 46.2 Å². The molecule has 0 spiro atoms. The van der Waals surface area contributed by atoms with Gasteiger partial charge in [0, 0.05) is 0 Å². The number of carbonyl (C=O) groups is 2. The molecule has 0 aliphatic carbocycles. The maximum atomic E-state index is 11.6. The summed E-state index contributed by atoms with van der Waals surface area (Å²) in [7, 11) is 0. The van der Waals surface area contributed by atoms with Gasteiger partial charge in [-0.25, -0.2) is 0 Å². The van der Waals surface area contributed by atoms with Crippen molar-refractivity contribution in [3.05, 3.63) is 35.9 Å². The highest BCUT2D eigenvalue weighted by Crippen LogP contribution is 2.35.